The van der Waals surface area contributed by atoms with Crippen molar-refractivity contribution in [2.24, 2.45) is 0 Å². The van der Waals surface area contributed by atoms with Gasteiger partial charge in [-0.2, -0.15) is 0 Å². The molecule has 0 spiro atoms. The third-order valence-corrected chi connectivity index (χ3v) is 5.10. The van der Waals surface area contributed by atoms with E-state index in [2.05, 4.69) is 10.3 Å². The van der Waals surface area contributed by atoms with Crippen molar-refractivity contribution in [2.45, 2.75) is 0 Å². The van der Waals surface area contributed by atoms with Crippen LogP contribution in [0, 0.1) is 0 Å². The number of benzene rings is 2. The summed E-state index contributed by atoms with van der Waals surface area (Å²) in [5.41, 5.74) is 0.180. The standard InChI is InChI=1S/C20H12ClN3O4S/c21-16-4-2-1-3-14(16)17(25)23-12-5-7-13(8-6-12)28-19(27)15-11-22-20-24(18(15)26)9-10-29-20/h1-11H,(H,23,25). The van der Waals surface area contributed by atoms with E-state index in [-0.39, 0.29) is 17.2 Å². The maximum atomic E-state index is 12.3. The van der Waals surface area contributed by atoms with Crippen molar-refractivity contribution in [3.05, 3.63) is 92.8 Å². The molecule has 0 saturated carbocycles. The highest BCUT2D eigenvalue weighted by Crippen LogP contribution is 2.20. The van der Waals surface area contributed by atoms with Gasteiger partial charge < -0.3 is 10.1 Å². The number of ether oxygens (including phenoxy) is 1. The lowest BCUT2D eigenvalue weighted by Crippen LogP contribution is -2.24. The molecule has 0 bridgehead atoms. The van der Waals surface area contributed by atoms with Gasteiger partial charge in [-0.15, -0.1) is 11.3 Å². The Kier molecular flexibility index (Phi) is 5.11. The number of esters is 1. The maximum absolute atomic E-state index is 12.3. The smallest absolute Gasteiger partial charge is 0.350 e. The van der Waals surface area contributed by atoms with Crippen LogP contribution in [0.5, 0.6) is 5.75 Å². The Bertz CT molecular complexity index is 1280. The molecule has 0 aliphatic carbocycles. The number of halogens is 1. The maximum Gasteiger partial charge on any atom is 0.350 e. The van der Waals surface area contributed by atoms with Crippen molar-refractivity contribution >= 4 is 45.5 Å². The van der Waals surface area contributed by atoms with Crippen molar-refractivity contribution in [2.75, 3.05) is 5.32 Å². The summed E-state index contributed by atoms with van der Waals surface area (Å²) in [6.45, 7) is 0. The van der Waals surface area contributed by atoms with Gasteiger partial charge in [0, 0.05) is 17.3 Å². The highest BCUT2D eigenvalue weighted by Gasteiger charge is 2.16. The topological polar surface area (TPSA) is 89.8 Å². The van der Waals surface area contributed by atoms with Gasteiger partial charge in [0.1, 0.15) is 11.3 Å². The van der Waals surface area contributed by atoms with E-state index in [0.29, 0.717) is 21.2 Å². The molecule has 2 heterocycles. The first-order valence-electron chi connectivity index (χ1n) is 8.36. The molecule has 0 fully saturated rings. The third kappa shape index (κ3) is 3.89. The Morgan fingerprint density at radius 2 is 1.83 bits per heavy atom. The number of carbonyl (C=O) groups excluding carboxylic acids is 2. The summed E-state index contributed by atoms with van der Waals surface area (Å²) in [6.07, 6.45) is 2.75. The summed E-state index contributed by atoms with van der Waals surface area (Å²) < 4.78 is 6.53. The summed E-state index contributed by atoms with van der Waals surface area (Å²) in [6, 6.07) is 12.9. The zero-order chi connectivity index (χ0) is 20.4. The zero-order valence-electron chi connectivity index (χ0n) is 14.7. The fourth-order valence-electron chi connectivity index (χ4n) is 2.58. The van der Waals surface area contributed by atoms with Gasteiger partial charge >= 0.3 is 5.97 Å². The molecule has 29 heavy (non-hydrogen) atoms. The van der Waals surface area contributed by atoms with Gasteiger partial charge in [-0.25, -0.2) is 9.78 Å². The fraction of sp³-hybridized carbons (Fsp3) is 0. The molecule has 2 aromatic carbocycles. The summed E-state index contributed by atoms with van der Waals surface area (Å²) in [5, 5.41) is 4.76. The van der Waals surface area contributed by atoms with Crippen LogP contribution in [-0.2, 0) is 0 Å². The van der Waals surface area contributed by atoms with Crippen LogP contribution in [0.4, 0.5) is 5.69 Å². The van der Waals surface area contributed by atoms with Crippen molar-refractivity contribution in [3.63, 3.8) is 0 Å². The summed E-state index contributed by atoms with van der Waals surface area (Å²) in [4.78, 5) is 41.5. The van der Waals surface area contributed by atoms with Crippen LogP contribution in [0.1, 0.15) is 20.7 Å². The second-order valence-corrected chi connectivity index (χ2v) is 7.16. The van der Waals surface area contributed by atoms with Crippen LogP contribution in [-0.4, -0.2) is 21.3 Å². The van der Waals surface area contributed by atoms with Gasteiger partial charge in [0.05, 0.1) is 16.8 Å². The first-order chi connectivity index (χ1) is 14.0. The quantitative estimate of drug-likeness (QED) is 0.396. The van der Waals surface area contributed by atoms with Crippen LogP contribution in [0.25, 0.3) is 4.96 Å². The van der Waals surface area contributed by atoms with Gasteiger partial charge in [-0.05, 0) is 36.4 Å². The average molecular weight is 426 g/mol. The molecule has 0 aliphatic heterocycles. The molecule has 0 saturated heterocycles. The first-order valence-corrected chi connectivity index (χ1v) is 9.61. The number of hydrogen-bond donors (Lipinski definition) is 1. The monoisotopic (exact) mass is 425 g/mol. The lowest BCUT2D eigenvalue weighted by Gasteiger charge is -2.08. The van der Waals surface area contributed by atoms with E-state index >= 15 is 0 Å². The SMILES string of the molecule is O=C(Nc1ccc(OC(=O)c2cnc3sccn3c2=O)cc1)c1ccccc1Cl. The van der Waals surface area contributed by atoms with Crippen LogP contribution in [0.2, 0.25) is 5.02 Å². The molecule has 2 aromatic heterocycles. The van der Waals surface area contributed by atoms with E-state index in [4.69, 9.17) is 16.3 Å². The summed E-state index contributed by atoms with van der Waals surface area (Å²) in [5.74, 6) is -0.944. The van der Waals surface area contributed by atoms with E-state index in [0.717, 1.165) is 0 Å². The normalized spacial score (nSPS) is 10.7. The molecule has 0 radical (unpaired) electrons. The Morgan fingerprint density at radius 1 is 1.07 bits per heavy atom. The second-order valence-electron chi connectivity index (χ2n) is 5.88. The Hall–Kier alpha value is -3.49. The molecule has 4 rings (SSSR count). The Morgan fingerprint density at radius 3 is 2.59 bits per heavy atom. The molecule has 0 unspecified atom stereocenters. The first kappa shape index (κ1) is 18.9. The van der Waals surface area contributed by atoms with Crippen LogP contribution in [0.3, 0.4) is 0 Å². The number of fused-ring (bicyclic) bond motifs is 1. The zero-order valence-corrected chi connectivity index (χ0v) is 16.2. The second kappa shape index (κ2) is 7.86. The molecule has 7 nitrogen and oxygen atoms in total. The van der Waals surface area contributed by atoms with Crippen LogP contribution in [0.15, 0.2) is 71.1 Å². The van der Waals surface area contributed by atoms with Crippen molar-refractivity contribution in [1.29, 1.82) is 0 Å². The number of hydrogen-bond acceptors (Lipinski definition) is 6. The summed E-state index contributed by atoms with van der Waals surface area (Å²) >= 11 is 7.31. The van der Waals surface area contributed by atoms with Crippen molar-refractivity contribution in [1.82, 2.24) is 9.38 Å². The minimum atomic E-state index is -0.809. The van der Waals surface area contributed by atoms with Gasteiger partial charge in [-0.1, -0.05) is 23.7 Å². The molecule has 144 valence electrons. The molecular formula is C20H12ClN3O4S. The van der Waals surface area contributed by atoms with Crippen LogP contribution < -0.4 is 15.6 Å². The predicted octanol–water partition coefficient (Wildman–Crippen LogP) is 3.88. The number of thiazole rings is 1. The van der Waals surface area contributed by atoms with Gasteiger partial charge in [0.25, 0.3) is 11.5 Å². The Balaban J connectivity index is 1.47. The van der Waals surface area contributed by atoms with Crippen LogP contribution >= 0.6 is 22.9 Å². The number of rotatable bonds is 4. The molecular weight excluding hydrogens is 414 g/mol. The number of nitrogens with zero attached hydrogens (tertiary/aromatic N) is 2. The molecule has 0 atom stereocenters. The predicted molar refractivity (Wildman–Crippen MR) is 110 cm³/mol. The molecule has 0 aliphatic rings. The van der Waals surface area contributed by atoms with E-state index in [1.807, 2.05) is 0 Å². The molecule has 4 aromatic rings. The molecule has 1 N–H and O–H groups in total. The highest BCUT2D eigenvalue weighted by molar-refractivity contribution is 7.15. The largest absolute Gasteiger partial charge is 0.423 e. The number of anilines is 1. The van der Waals surface area contributed by atoms with Crippen molar-refractivity contribution in [3.8, 4) is 5.75 Å². The molecule has 1 amide bonds. The average Bonchev–Trinajstić information content (AvgIpc) is 3.20. The number of aromatic nitrogens is 2. The third-order valence-electron chi connectivity index (χ3n) is 4.00. The van der Waals surface area contributed by atoms with E-state index in [1.165, 1.54) is 34.1 Å². The van der Waals surface area contributed by atoms with Gasteiger partial charge in [0.15, 0.2) is 4.96 Å². The lowest BCUT2D eigenvalue weighted by atomic mass is 10.2. The number of carbonyl (C=O) groups is 2. The number of nitrogens with one attached hydrogen (secondary N) is 1. The summed E-state index contributed by atoms with van der Waals surface area (Å²) in [7, 11) is 0. The Labute approximate surface area is 173 Å². The van der Waals surface area contributed by atoms with E-state index in [9.17, 15) is 14.4 Å². The number of amides is 1. The van der Waals surface area contributed by atoms with E-state index < -0.39 is 11.5 Å². The van der Waals surface area contributed by atoms with Gasteiger partial charge in [0.2, 0.25) is 0 Å². The highest BCUT2D eigenvalue weighted by atomic mass is 35.5. The van der Waals surface area contributed by atoms with E-state index in [1.54, 1.807) is 48.0 Å². The molecule has 9 heteroatoms. The minimum Gasteiger partial charge on any atom is -0.423 e. The fourth-order valence-corrected chi connectivity index (χ4v) is 3.47. The lowest BCUT2D eigenvalue weighted by molar-refractivity contribution is 0.0732. The van der Waals surface area contributed by atoms with Gasteiger partial charge in [-0.3, -0.25) is 14.0 Å². The minimum absolute atomic E-state index is 0.169. The van der Waals surface area contributed by atoms with Crippen molar-refractivity contribution < 1.29 is 14.3 Å².